The van der Waals surface area contributed by atoms with Crippen LogP contribution in [0.1, 0.15) is 28.2 Å². The highest BCUT2D eigenvalue weighted by molar-refractivity contribution is 7.13. The molecule has 8 heteroatoms. The van der Waals surface area contributed by atoms with Gasteiger partial charge in [0.05, 0.1) is 12.0 Å². The number of furan rings is 1. The highest BCUT2D eigenvalue weighted by atomic mass is 32.1. The zero-order valence-corrected chi connectivity index (χ0v) is 14.5. The predicted octanol–water partition coefficient (Wildman–Crippen LogP) is 3.38. The van der Waals surface area contributed by atoms with Crippen molar-refractivity contribution >= 4 is 28.3 Å². The van der Waals surface area contributed by atoms with Gasteiger partial charge in [-0.1, -0.05) is 12.1 Å². The quantitative estimate of drug-likeness (QED) is 0.665. The Balaban J connectivity index is 1.43. The highest BCUT2D eigenvalue weighted by Crippen LogP contribution is 2.17. The van der Waals surface area contributed by atoms with Crippen LogP contribution in [0.15, 0.2) is 52.5 Å². The number of thiazole rings is 1. The second-order valence-electron chi connectivity index (χ2n) is 5.48. The van der Waals surface area contributed by atoms with Gasteiger partial charge >= 0.3 is 0 Å². The van der Waals surface area contributed by atoms with Gasteiger partial charge in [-0.2, -0.15) is 0 Å². The van der Waals surface area contributed by atoms with Gasteiger partial charge in [-0.15, -0.1) is 11.3 Å². The Bertz CT molecular complexity index is 875. The number of carbonyl (C=O) groups excluding carboxylic acids is 2. The number of benzene rings is 1. The molecule has 0 aliphatic heterocycles. The number of amides is 2. The van der Waals surface area contributed by atoms with Crippen molar-refractivity contribution in [2.24, 2.45) is 0 Å². The molecule has 6 nitrogen and oxygen atoms in total. The van der Waals surface area contributed by atoms with Gasteiger partial charge in [0.25, 0.3) is 5.91 Å². The lowest BCUT2D eigenvalue weighted by atomic mass is 10.2. The molecule has 2 amide bonds. The summed E-state index contributed by atoms with van der Waals surface area (Å²) >= 11 is 1.29. The van der Waals surface area contributed by atoms with E-state index >= 15 is 0 Å². The van der Waals surface area contributed by atoms with Crippen molar-refractivity contribution in [1.29, 1.82) is 0 Å². The van der Waals surface area contributed by atoms with E-state index in [-0.39, 0.29) is 29.8 Å². The lowest BCUT2D eigenvalue weighted by Crippen LogP contribution is -2.23. The fourth-order valence-electron chi connectivity index (χ4n) is 2.18. The molecule has 2 heterocycles. The number of nitrogens with one attached hydrogen (secondary N) is 2. The smallest absolute Gasteiger partial charge is 0.293 e. The average molecular weight is 373 g/mol. The number of aryl methyl sites for hydroxylation is 1. The number of nitrogens with zero attached hydrogens (tertiary/aromatic N) is 1. The van der Waals surface area contributed by atoms with E-state index in [1.165, 1.54) is 29.7 Å². The Kier molecular flexibility index (Phi) is 5.75. The van der Waals surface area contributed by atoms with E-state index in [1.807, 2.05) is 0 Å². The summed E-state index contributed by atoms with van der Waals surface area (Å²) in [5.41, 5.74) is 1.55. The monoisotopic (exact) mass is 373 g/mol. The van der Waals surface area contributed by atoms with Crippen LogP contribution in [0.5, 0.6) is 0 Å². The molecule has 26 heavy (non-hydrogen) atoms. The summed E-state index contributed by atoms with van der Waals surface area (Å²) in [4.78, 5) is 28.1. The SMILES string of the molecule is O=C(CCc1csc(NC(=O)c2ccco2)n1)NCc1ccc(F)cc1. The maximum absolute atomic E-state index is 12.8. The van der Waals surface area contributed by atoms with E-state index in [4.69, 9.17) is 4.42 Å². The van der Waals surface area contributed by atoms with Gasteiger partial charge in [-0.3, -0.25) is 14.9 Å². The molecule has 2 aromatic heterocycles. The Morgan fingerprint density at radius 2 is 2.00 bits per heavy atom. The number of carbonyl (C=O) groups is 2. The fraction of sp³-hybridized carbons (Fsp3) is 0.167. The molecule has 3 aromatic rings. The van der Waals surface area contributed by atoms with Gasteiger partial charge in [-0.05, 0) is 36.2 Å². The summed E-state index contributed by atoms with van der Waals surface area (Å²) in [6.45, 7) is 0.348. The fourth-order valence-corrected chi connectivity index (χ4v) is 2.92. The molecule has 0 spiro atoms. The molecule has 0 bridgehead atoms. The zero-order valence-electron chi connectivity index (χ0n) is 13.7. The second kappa shape index (κ2) is 8.39. The number of aromatic nitrogens is 1. The Morgan fingerprint density at radius 3 is 2.73 bits per heavy atom. The molecule has 0 saturated carbocycles. The van der Waals surface area contributed by atoms with Crippen LogP contribution < -0.4 is 10.6 Å². The van der Waals surface area contributed by atoms with E-state index in [0.717, 1.165) is 11.3 Å². The first-order chi connectivity index (χ1) is 12.6. The summed E-state index contributed by atoms with van der Waals surface area (Å²) in [5, 5.41) is 7.67. The van der Waals surface area contributed by atoms with Crippen LogP contribution in [0.3, 0.4) is 0 Å². The molecule has 0 aliphatic carbocycles. The number of anilines is 1. The van der Waals surface area contributed by atoms with Crippen molar-refractivity contribution in [1.82, 2.24) is 10.3 Å². The van der Waals surface area contributed by atoms with Gasteiger partial charge in [-0.25, -0.2) is 9.37 Å². The van der Waals surface area contributed by atoms with Crippen molar-refractivity contribution < 1.29 is 18.4 Å². The average Bonchev–Trinajstić information content (AvgIpc) is 3.31. The van der Waals surface area contributed by atoms with Crippen molar-refractivity contribution in [3.05, 3.63) is 70.9 Å². The van der Waals surface area contributed by atoms with Crippen molar-refractivity contribution in [2.75, 3.05) is 5.32 Å². The number of hydrogen-bond donors (Lipinski definition) is 2. The van der Waals surface area contributed by atoms with E-state index in [2.05, 4.69) is 15.6 Å². The molecule has 1 aromatic carbocycles. The Hall–Kier alpha value is -3.00. The van der Waals surface area contributed by atoms with Crippen LogP contribution in [0.4, 0.5) is 9.52 Å². The molecule has 0 unspecified atom stereocenters. The molecule has 0 saturated heterocycles. The van der Waals surface area contributed by atoms with E-state index < -0.39 is 0 Å². The number of halogens is 1. The van der Waals surface area contributed by atoms with Crippen LogP contribution in [0.25, 0.3) is 0 Å². The van der Waals surface area contributed by atoms with Crippen molar-refractivity contribution in [2.45, 2.75) is 19.4 Å². The molecule has 0 aliphatic rings. The lowest BCUT2D eigenvalue weighted by Gasteiger charge is -2.04. The minimum Gasteiger partial charge on any atom is -0.459 e. The topological polar surface area (TPSA) is 84.2 Å². The van der Waals surface area contributed by atoms with Gasteiger partial charge in [0, 0.05) is 18.3 Å². The zero-order chi connectivity index (χ0) is 18.4. The predicted molar refractivity (Wildman–Crippen MR) is 95.3 cm³/mol. The number of rotatable bonds is 7. The van der Waals surface area contributed by atoms with Gasteiger partial charge in [0.15, 0.2) is 10.9 Å². The molecule has 2 N–H and O–H groups in total. The summed E-state index contributed by atoms with van der Waals surface area (Å²) in [7, 11) is 0. The van der Waals surface area contributed by atoms with Gasteiger partial charge < -0.3 is 9.73 Å². The first kappa shape index (κ1) is 17.8. The van der Waals surface area contributed by atoms with Gasteiger partial charge in [0.2, 0.25) is 5.91 Å². The second-order valence-corrected chi connectivity index (χ2v) is 6.34. The van der Waals surface area contributed by atoms with Crippen molar-refractivity contribution in [3.63, 3.8) is 0 Å². The summed E-state index contributed by atoms with van der Waals surface area (Å²) in [6.07, 6.45) is 2.16. The van der Waals surface area contributed by atoms with E-state index in [9.17, 15) is 14.0 Å². The van der Waals surface area contributed by atoms with Crippen LogP contribution in [0.2, 0.25) is 0 Å². The van der Waals surface area contributed by atoms with Crippen LogP contribution >= 0.6 is 11.3 Å². The molecule has 0 fully saturated rings. The van der Waals surface area contributed by atoms with Crippen LogP contribution in [-0.2, 0) is 17.8 Å². The Labute approximate surface area is 153 Å². The molecule has 0 atom stereocenters. The minimum atomic E-state index is -0.368. The minimum absolute atomic E-state index is 0.122. The maximum atomic E-state index is 12.8. The largest absolute Gasteiger partial charge is 0.459 e. The summed E-state index contributed by atoms with van der Waals surface area (Å²) < 4.78 is 17.8. The van der Waals surface area contributed by atoms with E-state index in [1.54, 1.807) is 29.6 Å². The summed E-state index contributed by atoms with van der Waals surface area (Å²) in [5.74, 6) is -0.586. The molecular formula is C18H16FN3O3S. The normalized spacial score (nSPS) is 10.5. The Morgan fingerprint density at radius 1 is 1.19 bits per heavy atom. The molecule has 0 radical (unpaired) electrons. The van der Waals surface area contributed by atoms with Crippen LogP contribution in [0, 0.1) is 5.82 Å². The van der Waals surface area contributed by atoms with Gasteiger partial charge in [0.1, 0.15) is 5.82 Å². The first-order valence-electron chi connectivity index (χ1n) is 7.90. The highest BCUT2D eigenvalue weighted by Gasteiger charge is 2.12. The standard InChI is InChI=1S/C18H16FN3O3S/c19-13-5-3-12(4-6-13)10-20-16(23)8-7-14-11-26-18(21-14)22-17(24)15-2-1-9-25-15/h1-6,9,11H,7-8,10H2,(H,20,23)(H,21,22,24). The third-order valence-electron chi connectivity index (χ3n) is 3.53. The lowest BCUT2D eigenvalue weighted by molar-refractivity contribution is -0.121. The molecule has 3 rings (SSSR count). The first-order valence-corrected chi connectivity index (χ1v) is 8.78. The third kappa shape index (κ3) is 5.00. The molecule has 134 valence electrons. The molecular weight excluding hydrogens is 357 g/mol. The maximum Gasteiger partial charge on any atom is 0.293 e. The third-order valence-corrected chi connectivity index (χ3v) is 4.33. The van der Waals surface area contributed by atoms with Crippen molar-refractivity contribution in [3.8, 4) is 0 Å². The summed E-state index contributed by atoms with van der Waals surface area (Å²) in [6, 6.07) is 9.17. The van der Waals surface area contributed by atoms with Crippen LogP contribution in [-0.4, -0.2) is 16.8 Å². The van der Waals surface area contributed by atoms with E-state index in [0.29, 0.717) is 18.1 Å². The number of hydrogen-bond acceptors (Lipinski definition) is 5.